The van der Waals surface area contributed by atoms with E-state index in [1.807, 2.05) is 5.38 Å². The topological polar surface area (TPSA) is 59.1 Å². The van der Waals surface area contributed by atoms with Gasteiger partial charge >= 0.3 is 0 Å². The van der Waals surface area contributed by atoms with Gasteiger partial charge in [-0.2, -0.15) is 0 Å². The fraction of sp³-hybridized carbons (Fsp3) is 0.182. The molecule has 0 aliphatic carbocycles. The van der Waals surface area contributed by atoms with Crippen LogP contribution in [0.25, 0.3) is 0 Å². The molecule has 2 rings (SSSR count). The lowest BCUT2D eigenvalue weighted by molar-refractivity contribution is 0.556. The molecule has 1 aromatic heterocycles. The summed E-state index contributed by atoms with van der Waals surface area (Å²) in [5.41, 5.74) is 0. The number of nitrogens with one attached hydrogen (secondary N) is 1. The molecule has 0 aliphatic heterocycles. The van der Waals surface area contributed by atoms with Crippen LogP contribution in [-0.2, 0) is 16.4 Å². The lowest BCUT2D eigenvalue weighted by Crippen LogP contribution is -2.26. The monoisotopic (exact) mass is 364 g/mol. The second-order valence-electron chi connectivity index (χ2n) is 3.65. The average Bonchev–Trinajstić information content (AvgIpc) is 2.81. The minimum absolute atomic E-state index is 0.186. The van der Waals surface area contributed by atoms with Crippen LogP contribution in [0.3, 0.4) is 0 Å². The van der Waals surface area contributed by atoms with E-state index in [0.717, 1.165) is 11.1 Å². The van der Waals surface area contributed by atoms with E-state index < -0.39 is 15.8 Å². The van der Waals surface area contributed by atoms with Gasteiger partial charge in [0.1, 0.15) is 10.7 Å². The maximum atomic E-state index is 13.6. The molecular formula is C11H10BrFN2O2S2. The van der Waals surface area contributed by atoms with Crippen molar-refractivity contribution in [1.82, 2.24) is 9.71 Å². The molecule has 0 spiro atoms. The van der Waals surface area contributed by atoms with E-state index in [4.69, 9.17) is 0 Å². The predicted molar refractivity (Wildman–Crippen MR) is 75.1 cm³/mol. The molecule has 0 aliphatic rings. The third-order valence-corrected chi connectivity index (χ3v) is 5.12. The van der Waals surface area contributed by atoms with E-state index >= 15 is 0 Å². The van der Waals surface area contributed by atoms with E-state index in [1.54, 1.807) is 6.20 Å². The number of benzene rings is 1. The van der Waals surface area contributed by atoms with Gasteiger partial charge in [-0.25, -0.2) is 22.5 Å². The third kappa shape index (κ3) is 3.82. The van der Waals surface area contributed by atoms with Gasteiger partial charge in [0.25, 0.3) is 0 Å². The van der Waals surface area contributed by atoms with Crippen molar-refractivity contribution < 1.29 is 12.8 Å². The second kappa shape index (κ2) is 6.08. The molecule has 102 valence electrons. The Labute approximate surface area is 122 Å². The standard InChI is InChI=1S/C11H10BrFN2O2S2/c12-8-1-2-10(9(13)7-8)19(16,17)15-4-3-11-14-5-6-18-11/h1-2,5-7,15H,3-4H2. The minimum atomic E-state index is -3.83. The van der Waals surface area contributed by atoms with E-state index in [2.05, 4.69) is 25.6 Å². The van der Waals surface area contributed by atoms with Crippen molar-refractivity contribution in [3.8, 4) is 0 Å². The van der Waals surface area contributed by atoms with Gasteiger partial charge in [0.2, 0.25) is 10.0 Å². The largest absolute Gasteiger partial charge is 0.250 e. The van der Waals surface area contributed by atoms with Crippen LogP contribution in [0.1, 0.15) is 5.01 Å². The first-order valence-electron chi connectivity index (χ1n) is 5.32. The third-order valence-electron chi connectivity index (χ3n) is 2.30. The minimum Gasteiger partial charge on any atom is -0.250 e. The number of thiazole rings is 1. The van der Waals surface area contributed by atoms with Crippen LogP contribution in [0.4, 0.5) is 4.39 Å². The van der Waals surface area contributed by atoms with Crippen molar-refractivity contribution in [2.45, 2.75) is 11.3 Å². The van der Waals surface area contributed by atoms with Gasteiger partial charge in [-0.1, -0.05) is 15.9 Å². The lowest BCUT2D eigenvalue weighted by Gasteiger charge is -2.07. The Bertz CT molecular complexity index is 659. The molecule has 1 N–H and O–H groups in total. The predicted octanol–water partition coefficient (Wildman–Crippen LogP) is 2.57. The van der Waals surface area contributed by atoms with Gasteiger partial charge in [0.15, 0.2) is 0 Å². The molecule has 0 bridgehead atoms. The first-order valence-corrected chi connectivity index (χ1v) is 8.48. The highest BCUT2D eigenvalue weighted by atomic mass is 79.9. The Morgan fingerprint density at radius 1 is 1.42 bits per heavy atom. The number of halogens is 2. The summed E-state index contributed by atoms with van der Waals surface area (Å²) in [4.78, 5) is 3.69. The van der Waals surface area contributed by atoms with Gasteiger partial charge in [0.05, 0.1) is 5.01 Å². The van der Waals surface area contributed by atoms with E-state index in [1.165, 1.54) is 23.5 Å². The number of aromatic nitrogens is 1. The van der Waals surface area contributed by atoms with E-state index in [0.29, 0.717) is 10.9 Å². The number of hydrogen-bond donors (Lipinski definition) is 1. The molecule has 0 atom stereocenters. The summed E-state index contributed by atoms with van der Waals surface area (Å²) in [5, 5.41) is 2.65. The zero-order valence-corrected chi connectivity index (χ0v) is 12.9. The molecule has 19 heavy (non-hydrogen) atoms. The van der Waals surface area contributed by atoms with Crippen LogP contribution in [-0.4, -0.2) is 19.9 Å². The molecule has 1 aromatic carbocycles. The molecule has 0 radical (unpaired) electrons. The first-order chi connectivity index (χ1) is 8.99. The summed E-state index contributed by atoms with van der Waals surface area (Å²) in [5.74, 6) is -0.781. The first kappa shape index (κ1) is 14.6. The van der Waals surface area contributed by atoms with Gasteiger partial charge in [0, 0.05) is 29.0 Å². The number of rotatable bonds is 5. The highest BCUT2D eigenvalue weighted by Crippen LogP contribution is 2.19. The molecule has 8 heteroatoms. The molecule has 1 heterocycles. The average molecular weight is 365 g/mol. The SMILES string of the molecule is O=S(=O)(NCCc1nccs1)c1ccc(Br)cc1F. The summed E-state index contributed by atoms with van der Waals surface area (Å²) < 4.78 is 40.3. The van der Waals surface area contributed by atoms with Crippen LogP contribution in [0.2, 0.25) is 0 Å². The zero-order valence-electron chi connectivity index (χ0n) is 9.64. The molecule has 0 fully saturated rings. The summed E-state index contributed by atoms with van der Waals surface area (Å²) >= 11 is 4.53. The number of nitrogens with zero attached hydrogens (tertiary/aromatic N) is 1. The quantitative estimate of drug-likeness (QED) is 0.886. The van der Waals surface area contributed by atoms with Crippen molar-refractivity contribution in [2.24, 2.45) is 0 Å². The van der Waals surface area contributed by atoms with Crippen molar-refractivity contribution in [3.63, 3.8) is 0 Å². The highest BCUT2D eigenvalue weighted by Gasteiger charge is 2.18. The fourth-order valence-corrected chi connectivity index (χ4v) is 3.48. The van der Waals surface area contributed by atoms with Crippen LogP contribution < -0.4 is 4.72 Å². The molecule has 4 nitrogen and oxygen atoms in total. The van der Waals surface area contributed by atoms with Crippen LogP contribution in [0.5, 0.6) is 0 Å². The normalized spacial score (nSPS) is 11.7. The maximum absolute atomic E-state index is 13.6. The van der Waals surface area contributed by atoms with E-state index in [9.17, 15) is 12.8 Å². The summed E-state index contributed by atoms with van der Waals surface area (Å²) in [6, 6.07) is 3.83. The smallest absolute Gasteiger partial charge is 0.243 e. The highest BCUT2D eigenvalue weighted by molar-refractivity contribution is 9.10. The van der Waals surface area contributed by atoms with Gasteiger partial charge < -0.3 is 0 Å². The lowest BCUT2D eigenvalue weighted by atomic mass is 10.3. The Balaban J connectivity index is 2.05. The van der Waals surface area contributed by atoms with Crippen LogP contribution in [0, 0.1) is 5.82 Å². The summed E-state index contributed by atoms with van der Waals surface area (Å²) in [6.07, 6.45) is 2.14. The summed E-state index contributed by atoms with van der Waals surface area (Å²) in [6.45, 7) is 0.186. The Morgan fingerprint density at radius 2 is 2.21 bits per heavy atom. The van der Waals surface area contributed by atoms with Crippen molar-refractivity contribution in [3.05, 3.63) is 45.1 Å². The second-order valence-corrected chi connectivity index (χ2v) is 7.28. The van der Waals surface area contributed by atoms with Gasteiger partial charge in [-0.05, 0) is 18.2 Å². The van der Waals surface area contributed by atoms with Gasteiger partial charge in [-0.15, -0.1) is 11.3 Å². The zero-order chi connectivity index (χ0) is 13.9. The van der Waals surface area contributed by atoms with E-state index in [-0.39, 0.29) is 11.4 Å². The number of sulfonamides is 1. The van der Waals surface area contributed by atoms with Crippen molar-refractivity contribution in [2.75, 3.05) is 6.54 Å². The van der Waals surface area contributed by atoms with Crippen LogP contribution in [0.15, 0.2) is 39.1 Å². The van der Waals surface area contributed by atoms with Gasteiger partial charge in [-0.3, -0.25) is 0 Å². The molecular weight excluding hydrogens is 355 g/mol. The molecule has 0 amide bonds. The molecule has 0 unspecified atom stereocenters. The van der Waals surface area contributed by atoms with Crippen molar-refractivity contribution >= 4 is 37.3 Å². The summed E-state index contributed by atoms with van der Waals surface area (Å²) in [7, 11) is -3.83. The molecule has 2 aromatic rings. The van der Waals surface area contributed by atoms with Crippen molar-refractivity contribution in [1.29, 1.82) is 0 Å². The Kier molecular flexibility index (Phi) is 4.67. The fourth-order valence-electron chi connectivity index (χ4n) is 1.44. The van der Waals surface area contributed by atoms with Crippen LogP contribution >= 0.6 is 27.3 Å². The molecule has 0 saturated carbocycles. The molecule has 0 saturated heterocycles. The number of hydrogen-bond acceptors (Lipinski definition) is 4. The maximum Gasteiger partial charge on any atom is 0.243 e. The Hall–Kier alpha value is -0.830. The Morgan fingerprint density at radius 3 is 2.84 bits per heavy atom.